The van der Waals surface area contributed by atoms with Crippen LogP contribution in [-0.4, -0.2) is 52.1 Å². The molecule has 5 rings (SSSR count). The minimum atomic E-state index is -0.0405. The monoisotopic (exact) mass is 404 g/mol. The van der Waals surface area contributed by atoms with Crippen LogP contribution in [0.15, 0.2) is 54.9 Å². The van der Waals surface area contributed by atoms with Gasteiger partial charge in [0.15, 0.2) is 0 Å². The molecule has 2 aromatic heterocycles. The number of carbonyl (C=O) groups is 1. The topological polar surface area (TPSA) is 70.2 Å². The minimum Gasteiger partial charge on any atom is -0.370 e. The number of benzene rings is 1. The van der Waals surface area contributed by atoms with Crippen LogP contribution in [0.5, 0.6) is 0 Å². The third-order valence-corrected chi connectivity index (χ3v) is 6.53. The number of ether oxygens (including phenoxy) is 1. The molecule has 6 heteroatoms. The summed E-state index contributed by atoms with van der Waals surface area (Å²) >= 11 is 0. The molecule has 1 atom stereocenters. The molecule has 1 spiro atoms. The van der Waals surface area contributed by atoms with Crippen LogP contribution < -0.4 is 5.32 Å². The van der Waals surface area contributed by atoms with Crippen LogP contribution >= 0.6 is 0 Å². The van der Waals surface area contributed by atoms with Crippen molar-refractivity contribution in [3.63, 3.8) is 0 Å². The average molecular weight is 405 g/mol. The van der Waals surface area contributed by atoms with E-state index in [0.29, 0.717) is 12.1 Å². The predicted octanol–water partition coefficient (Wildman–Crippen LogP) is 3.51. The molecule has 0 saturated carbocycles. The molecule has 156 valence electrons. The lowest BCUT2D eigenvalue weighted by molar-refractivity contribution is -0.0765. The summed E-state index contributed by atoms with van der Waals surface area (Å²) in [5.41, 5.74) is 2.77. The second kappa shape index (κ2) is 8.20. The first kappa shape index (κ1) is 19.3. The molecule has 0 unspecified atom stereocenters. The molecule has 0 aliphatic carbocycles. The largest absolute Gasteiger partial charge is 0.370 e. The Labute approximate surface area is 176 Å². The fourth-order valence-corrected chi connectivity index (χ4v) is 4.74. The van der Waals surface area contributed by atoms with Crippen LogP contribution in [-0.2, 0) is 11.3 Å². The SMILES string of the molecule is O=C(NC[C@H]1CCC2(CCN(Cc3ccccn3)CC2)O1)c1ccc2cc[nH]c2c1. The first-order valence-corrected chi connectivity index (χ1v) is 10.8. The van der Waals surface area contributed by atoms with Crippen LogP contribution in [0.1, 0.15) is 41.7 Å². The first-order chi connectivity index (χ1) is 14.7. The molecule has 0 bridgehead atoms. The van der Waals surface area contributed by atoms with Crippen LogP contribution in [0.4, 0.5) is 0 Å². The van der Waals surface area contributed by atoms with E-state index >= 15 is 0 Å². The molecule has 1 amide bonds. The standard InChI is InChI=1S/C24H28N4O2/c29-23(19-5-4-18-7-12-26-22(18)15-19)27-16-21-6-8-24(30-21)9-13-28(14-10-24)17-20-3-1-2-11-25-20/h1-5,7,11-12,15,21,26H,6,8-10,13-14,16-17H2,(H,27,29)/t21-/m1/s1. The number of hydrogen-bond donors (Lipinski definition) is 2. The quantitative estimate of drug-likeness (QED) is 0.683. The molecule has 6 nitrogen and oxygen atoms in total. The summed E-state index contributed by atoms with van der Waals surface area (Å²) in [5, 5.41) is 4.18. The van der Waals surface area contributed by atoms with Crippen molar-refractivity contribution in [1.29, 1.82) is 0 Å². The Bertz CT molecular complexity index is 1010. The number of likely N-dealkylation sites (tertiary alicyclic amines) is 1. The van der Waals surface area contributed by atoms with E-state index in [1.165, 1.54) is 0 Å². The maximum absolute atomic E-state index is 12.6. The predicted molar refractivity (Wildman–Crippen MR) is 116 cm³/mol. The highest BCUT2D eigenvalue weighted by Crippen LogP contribution is 2.39. The van der Waals surface area contributed by atoms with Gasteiger partial charge in [-0.25, -0.2) is 0 Å². The van der Waals surface area contributed by atoms with Gasteiger partial charge in [-0.3, -0.25) is 14.7 Å². The van der Waals surface area contributed by atoms with E-state index in [0.717, 1.165) is 61.9 Å². The number of fused-ring (bicyclic) bond motifs is 1. The zero-order valence-electron chi connectivity index (χ0n) is 17.1. The molecule has 2 fully saturated rings. The molecule has 3 aromatic rings. The van der Waals surface area contributed by atoms with Crippen LogP contribution in [0.2, 0.25) is 0 Å². The summed E-state index contributed by atoms with van der Waals surface area (Å²) < 4.78 is 6.47. The van der Waals surface area contributed by atoms with Crippen molar-refractivity contribution in [3.05, 3.63) is 66.1 Å². The summed E-state index contributed by atoms with van der Waals surface area (Å²) in [6, 6.07) is 13.8. The maximum Gasteiger partial charge on any atom is 0.251 e. The Morgan fingerprint density at radius 1 is 1.20 bits per heavy atom. The van der Waals surface area contributed by atoms with Crippen molar-refractivity contribution in [1.82, 2.24) is 20.2 Å². The number of hydrogen-bond acceptors (Lipinski definition) is 4. The van der Waals surface area contributed by atoms with Crippen molar-refractivity contribution in [3.8, 4) is 0 Å². The number of pyridine rings is 1. The van der Waals surface area contributed by atoms with Crippen LogP contribution in [0.3, 0.4) is 0 Å². The molecule has 2 aliphatic heterocycles. The van der Waals surface area contributed by atoms with Crippen molar-refractivity contribution in [2.75, 3.05) is 19.6 Å². The van der Waals surface area contributed by atoms with Crippen molar-refractivity contribution < 1.29 is 9.53 Å². The summed E-state index contributed by atoms with van der Waals surface area (Å²) in [7, 11) is 0. The highest BCUT2D eigenvalue weighted by Gasteiger charge is 2.42. The second-order valence-corrected chi connectivity index (χ2v) is 8.55. The van der Waals surface area contributed by atoms with E-state index < -0.39 is 0 Å². The fraction of sp³-hybridized carbons (Fsp3) is 0.417. The third kappa shape index (κ3) is 4.11. The molecule has 30 heavy (non-hydrogen) atoms. The molecular formula is C24H28N4O2. The van der Waals surface area contributed by atoms with Gasteiger partial charge in [0.2, 0.25) is 0 Å². The van der Waals surface area contributed by atoms with E-state index in [2.05, 4.69) is 26.3 Å². The van der Waals surface area contributed by atoms with Gasteiger partial charge in [0.1, 0.15) is 0 Å². The van der Waals surface area contributed by atoms with Gasteiger partial charge < -0.3 is 15.0 Å². The minimum absolute atomic E-state index is 0.0147. The molecule has 0 radical (unpaired) electrons. The van der Waals surface area contributed by atoms with Gasteiger partial charge >= 0.3 is 0 Å². The van der Waals surface area contributed by atoms with E-state index in [4.69, 9.17) is 4.74 Å². The summed E-state index contributed by atoms with van der Waals surface area (Å²) in [6.07, 6.45) is 8.04. The van der Waals surface area contributed by atoms with Gasteiger partial charge in [0.25, 0.3) is 5.91 Å². The summed E-state index contributed by atoms with van der Waals surface area (Å²) in [5.74, 6) is -0.0405. The van der Waals surface area contributed by atoms with Gasteiger partial charge in [0, 0.05) is 49.7 Å². The van der Waals surface area contributed by atoms with Crippen LogP contribution in [0, 0.1) is 0 Å². The third-order valence-electron chi connectivity index (χ3n) is 6.53. The van der Waals surface area contributed by atoms with E-state index in [1.54, 1.807) is 0 Å². The number of aromatic nitrogens is 2. The summed E-state index contributed by atoms with van der Waals surface area (Å²) in [4.78, 5) is 22.6. The van der Waals surface area contributed by atoms with Gasteiger partial charge in [-0.05, 0) is 61.4 Å². The fourth-order valence-electron chi connectivity index (χ4n) is 4.74. The lowest BCUT2D eigenvalue weighted by atomic mass is 9.88. The van der Waals surface area contributed by atoms with E-state index in [1.807, 2.05) is 48.8 Å². The van der Waals surface area contributed by atoms with E-state index in [9.17, 15) is 4.79 Å². The van der Waals surface area contributed by atoms with Crippen molar-refractivity contribution >= 4 is 16.8 Å². The van der Waals surface area contributed by atoms with Crippen molar-refractivity contribution in [2.24, 2.45) is 0 Å². The number of H-pyrrole nitrogens is 1. The lowest BCUT2D eigenvalue weighted by Gasteiger charge is -2.39. The zero-order chi connectivity index (χ0) is 20.4. The Hall–Kier alpha value is -2.70. The number of amides is 1. The van der Waals surface area contributed by atoms with Gasteiger partial charge in [0.05, 0.1) is 17.4 Å². The van der Waals surface area contributed by atoms with E-state index in [-0.39, 0.29) is 17.6 Å². The highest BCUT2D eigenvalue weighted by atomic mass is 16.5. The number of nitrogens with one attached hydrogen (secondary N) is 2. The average Bonchev–Trinajstić information content (AvgIpc) is 3.41. The molecule has 4 heterocycles. The molecular weight excluding hydrogens is 376 g/mol. The Balaban J connectivity index is 1.10. The van der Waals surface area contributed by atoms with Crippen molar-refractivity contribution in [2.45, 2.75) is 43.9 Å². The number of rotatable bonds is 5. The maximum atomic E-state index is 12.6. The molecule has 1 aromatic carbocycles. The lowest BCUT2D eigenvalue weighted by Crippen LogP contribution is -2.45. The smallest absolute Gasteiger partial charge is 0.251 e. The molecule has 2 N–H and O–H groups in total. The number of nitrogens with zero attached hydrogens (tertiary/aromatic N) is 2. The first-order valence-electron chi connectivity index (χ1n) is 10.8. The molecule has 2 saturated heterocycles. The van der Waals surface area contributed by atoms with Gasteiger partial charge in [-0.2, -0.15) is 0 Å². The number of aromatic amines is 1. The second-order valence-electron chi connectivity index (χ2n) is 8.55. The number of carbonyl (C=O) groups excluding carboxylic acids is 1. The Kier molecular flexibility index (Phi) is 5.27. The summed E-state index contributed by atoms with van der Waals surface area (Å²) in [6.45, 7) is 3.54. The Morgan fingerprint density at radius 3 is 2.93 bits per heavy atom. The highest BCUT2D eigenvalue weighted by molar-refractivity contribution is 5.97. The van der Waals surface area contributed by atoms with Gasteiger partial charge in [-0.15, -0.1) is 0 Å². The Morgan fingerprint density at radius 2 is 2.10 bits per heavy atom. The number of piperidine rings is 1. The van der Waals surface area contributed by atoms with Crippen LogP contribution in [0.25, 0.3) is 10.9 Å². The van der Waals surface area contributed by atoms with Gasteiger partial charge in [-0.1, -0.05) is 12.1 Å². The normalized spacial score (nSPS) is 21.3. The zero-order valence-corrected chi connectivity index (χ0v) is 17.1. The molecule has 2 aliphatic rings.